The second kappa shape index (κ2) is 12.0. The Morgan fingerprint density at radius 1 is 1.07 bits per heavy atom. The van der Waals surface area contributed by atoms with E-state index in [9.17, 15) is 27.6 Å². The average Bonchev–Trinajstić information content (AvgIpc) is 3.53. The van der Waals surface area contributed by atoms with Crippen molar-refractivity contribution in [2.45, 2.75) is 38.5 Å². The SMILES string of the molecule is COC(=O)c1c2c(nn1CC(=O)C[C@@H](Cc1cc(F)cc(F)c1)c1ncccc1-c1ccc(F)c(C(N)=O)c1)COC2. The number of aromatic nitrogens is 3. The molecule has 5 rings (SSSR count). The molecule has 0 saturated heterocycles. The number of ketones is 1. The third-order valence-electron chi connectivity index (χ3n) is 6.97. The van der Waals surface area contributed by atoms with Crippen LogP contribution in [-0.4, -0.2) is 39.5 Å². The molecule has 12 heteroatoms. The van der Waals surface area contributed by atoms with E-state index in [2.05, 4.69) is 10.1 Å². The Labute approximate surface area is 238 Å². The first-order valence-electron chi connectivity index (χ1n) is 12.9. The zero-order valence-corrected chi connectivity index (χ0v) is 22.4. The number of esters is 1. The van der Waals surface area contributed by atoms with E-state index in [1.165, 1.54) is 42.3 Å². The van der Waals surface area contributed by atoms with Crippen molar-refractivity contribution in [1.82, 2.24) is 14.8 Å². The Bertz CT molecular complexity index is 1680. The Morgan fingerprint density at radius 2 is 1.83 bits per heavy atom. The molecule has 0 spiro atoms. The van der Waals surface area contributed by atoms with Crippen molar-refractivity contribution in [3.05, 3.63) is 106 Å². The van der Waals surface area contributed by atoms with Gasteiger partial charge in [0, 0.05) is 35.7 Å². The van der Waals surface area contributed by atoms with Gasteiger partial charge in [0.05, 0.1) is 37.3 Å². The maximum atomic E-state index is 14.2. The number of benzene rings is 2. The number of carbonyl (C=O) groups excluding carboxylic acids is 3. The van der Waals surface area contributed by atoms with E-state index >= 15 is 0 Å². The number of hydrogen-bond donors (Lipinski definition) is 1. The molecule has 2 aromatic heterocycles. The third-order valence-corrected chi connectivity index (χ3v) is 6.97. The summed E-state index contributed by atoms with van der Waals surface area (Å²) in [5.74, 6) is -5.05. The number of fused-ring (bicyclic) bond motifs is 1. The summed E-state index contributed by atoms with van der Waals surface area (Å²) in [6.07, 6.45) is 1.35. The Hall–Kier alpha value is -4.84. The van der Waals surface area contributed by atoms with Crippen molar-refractivity contribution < 1.29 is 37.0 Å². The molecule has 3 heterocycles. The lowest BCUT2D eigenvalue weighted by molar-refractivity contribution is -0.120. The number of halogens is 3. The Kier molecular flexibility index (Phi) is 8.16. The summed E-state index contributed by atoms with van der Waals surface area (Å²) in [6, 6.07) is 10.2. The minimum absolute atomic E-state index is 0.0155. The van der Waals surface area contributed by atoms with Crippen LogP contribution in [0.2, 0.25) is 0 Å². The van der Waals surface area contributed by atoms with Crippen LogP contribution in [-0.2, 0) is 40.4 Å². The number of primary amides is 1. The third kappa shape index (κ3) is 5.93. The van der Waals surface area contributed by atoms with Crippen LogP contribution >= 0.6 is 0 Å². The van der Waals surface area contributed by atoms with E-state index in [0.29, 0.717) is 28.1 Å². The van der Waals surface area contributed by atoms with Crippen LogP contribution < -0.4 is 5.73 Å². The number of hydrogen-bond acceptors (Lipinski definition) is 7. The summed E-state index contributed by atoms with van der Waals surface area (Å²) in [4.78, 5) is 42.3. The van der Waals surface area contributed by atoms with Gasteiger partial charge in [0.1, 0.15) is 24.0 Å². The lowest BCUT2D eigenvalue weighted by Crippen LogP contribution is -2.21. The number of methoxy groups -OCH3 is 1. The van der Waals surface area contributed by atoms with Gasteiger partial charge in [-0.1, -0.05) is 12.1 Å². The number of Topliss-reactive ketones (excluding diaryl/α,β-unsaturated/α-hetero) is 1. The maximum absolute atomic E-state index is 14.2. The molecule has 42 heavy (non-hydrogen) atoms. The molecule has 2 N–H and O–H groups in total. The Balaban J connectivity index is 1.52. The highest BCUT2D eigenvalue weighted by Crippen LogP contribution is 2.34. The molecule has 0 radical (unpaired) electrons. The van der Waals surface area contributed by atoms with E-state index < -0.39 is 35.2 Å². The molecule has 4 aromatic rings. The fourth-order valence-corrected chi connectivity index (χ4v) is 5.16. The van der Waals surface area contributed by atoms with Gasteiger partial charge in [0.15, 0.2) is 11.5 Å². The molecule has 0 bridgehead atoms. The van der Waals surface area contributed by atoms with Crippen LogP contribution in [0.15, 0.2) is 54.7 Å². The highest BCUT2D eigenvalue weighted by atomic mass is 19.1. The predicted molar refractivity (Wildman–Crippen MR) is 143 cm³/mol. The lowest BCUT2D eigenvalue weighted by Gasteiger charge is -2.20. The van der Waals surface area contributed by atoms with Gasteiger partial charge in [-0.15, -0.1) is 0 Å². The van der Waals surface area contributed by atoms with Crippen LogP contribution in [0, 0.1) is 17.5 Å². The van der Waals surface area contributed by atoms with Gasteiger partial charge in [-0.25, -0.2) is 22.6 Å². The molecule has 2 aromatic carbocycles. The first kappa shape index (κ1) is 28.7. The topological polar surface area (TPSA) is 126 Å². The van der Waals surface area contributed by atoms with Crippen molar-refractivity contribution in [3.8, 4) is 11.1 Å². The number of pyridine rings is 1. The van der Waals surface area contributed by atoms with Gasteiger partial charge in [0.2, 0.25) is 0 Å². The van der Waals surface area contributed by atoms with E-state index in [4.69, 9.17) is 15.2 Å². The van der Waals surface area contributed by atoms with Crippen molar-refractivity contribution >= 4 is 17.7 Å². The van der Waals surface area contributed by atoms with Crippen LogP contribution in [0.1, 0.15) is 55.7 Å². The van der Waals surface area contributed by atoms with E-state index in [0.717, 1.165) is 12.1 Å². The van der Waals surface area contributed by atoms with Gasteiger partial charge < -0.3 is 15.2 Å². The molecule has 1 aliphatic rings. The summed E-state index contributed by atoms with van der Waals surface area (Å²) >= 11 is 0. The van der Waals surface area contributed by atoms with Gasteiger partial charge >= 0.3 is 5.97 Å². The number of ether oxygens (including phenoxy) is 2. The summed E-state index contributed by atoms with van der Waals surface area (Å²) in [5, 5.41) is 4.36. The van der Waals surface area contributed by atoms with Crippen molar-refractivity contribution in [1.29, 1.82) is 0 Å². The van der Waals surface area contributed by atoms with Crippen LogP contribution in [0.25, 0.3) is 11.1 Å². The molecule has 0 fully saturated rings. The van der Waals surface area contributed by atoms with Crippen LogP contribution in [0.5, 0.6) is 0 Å². The summed E-state index contributed by atoms with van der Waals surface area (Å²) < 4.78 is 53.9. The fraction of sp³-hybridized carbons (Fsp3) is 0.233. The van der Waals surface area contributed by atoms with Crippen LogP contribution in [0.4, 0.5) is 13.2 Å². The molecule has 216 valence electrons. The molecule has 0 unspecified atom stereocenters. The second-order valence-electron chi connectivity index (χ2n) is 9.83. The van der Waals surface area contributed by atoms with Crippen molar-refractivity contribution in [2.24, 2.45) is 5.73 Å². The molecular formula is C30H25F3N4O5. The summed E-state index contributed by atoms with van der Waals surface area (Å²) in [7, 11) is 1.22. The van der Waals surface area contributed by atoms with E-state index in [1.54, 1.807) is 12.1 Å². The van der Waals surface area contributed by atoms with Gasteiger partial charge in [0.25, 0.3) is 5.91 Å². The van der Waals surface area contributed by atoms with E-state index in [1.807, 2.05) is 0 Å². The largest absolute Gasteiger partial charge is 0.464 e. The van der Waals surface area contributed by atoms with Crippen LogP contribution in [0.3, 0.4) is 0 Å². The fourth-order valence-electron chi connectivity index (χ4n) is 5.16. The van der Waals surface area contributed by atoms with Gasteiger partial charge in [-0.2, -0.15) is 5.10 Å². The number of amides is 1. The first-order chi connectivity index (χ1) is 20.1. The molecule has 1 atom stereocenters. The zero-order valence-electron chi connectivity index (χ0n) is 22.4. The molecule has 0 saturated carbocycles. The normalized spacial score (nSPS) is 13.0. The average molecular weight is 579 g/mol. The highest BCUT2D eigenvalue weighted by Gasteiger charge is 2.30. The van der Waals surface area contributed by atoms with Gasteiger partial charge in [-0.3, -0.25) is 14.6 Å². The van der Waals surface area contributed by atoms with Crippen molar-refractivity contribution in [2.75, 3.05) is 7.11 Å². The van der Waals surface area contributed by atoms with Crippen molar-refractivity contribution in [3.63, 3.8) is 0 Å². The first-order valence-corrected chi connectivity index (χ1v) is 12.9. The number of nitrogens with two attached hydrogens (primary N) is 1. The molecule has 0 aliphatic carbocycles. The summed E-state index contributed by atoms with van der Waals surface area (Å²) in [6.45, 7) is 0.0660. The zero-order chi connectivity index (χ0) is 30.0. The molecule has 1 aliphatic heterocycles. The smallest absolute Gasteiger partial charge is 0.356 e. The standard InChI is InChI=1S/C30H25F3N4O5/c1-41-30(40)28-24-14-42-15-26(24)36-37(28)13-21(38)10-18(7-16-8-19(31)12-20(32)9-16)27-22(3-2-6-35-27)17-4-5-25(33)23(11-17)29(34)39/h2-6,8-9,11-12,18H,7,10,13-15H2,1H3,(H2,34,39)/t18-/m1/s1. The van der Waals surface area contributed by atoms with Gasteiger partial charge in [-0.05, 0) is 47.9 Å². The number of carbonyl (C=O) groups is 3. The predicted octanol–water partition coefficient (Wildman–Crippen LogP) is 4.26. The molecule has 1 amide bonds. The molecule has 9 nitrogen and oxygen atoms in total. The quantitative estimate of drug-likeness (QED) is 0.279. The minimum Gasteiger partial charge on any atom is -0.464 e. The lowest BCUT2D eigenvalue weighted by atomic mass is 9.86. The Morgan fingerprint density at radius 3 is 2.55 bits per heavy atom. The minimum atomic E-state index is -0.959. The summed E-state index contributed by atoms with van der Waals surface area (Å²) in [5.41, 5.74) is 7.75. The number of rotatable bonds is 10. The monoisotopic (exact) mass is 578 g/mol. The maximum Gasteiger partial charge on any atom is 0.356 e. The highest BCUT2D eigenvalue weighted by molar-refractivity contribution is 5.94. The number of nitrogens with zero attached hydrogens (tertiary/aromatic N) is 3. The molecular weight excluding hydrogens is 553 g/mol. The van der Waals surface area contributed by atoms with E-state index in [-0.39, 0.29) is 55.2 Å². The second-order valence-corrected chi connectivity index (χ2v) is 9.83.